The summed E-state index contributed by atoms with van der Waals surface area (Å²) in [6.07, 6.45) is 11.6. The van der Waals surface area contributed by atoms with E-state index in [4.69, 9.17) is 0 Å². The third-order valence-electron chi connectivity index (χ3n) is 9.58. The topological polar surface area (TPSA) is 3.24 Å². The lowest BCUT2D eigenvalue weighted by Gasteiger charge is -2.40. The van der Waals surface area contributed by atoms with E-state index in [2.05, 4.69) is 116 Å². The minimum Gasteiger partial charge on any atom is -0.310 e. The van der Waals surface area contributed by atoms with Crippen molar-refractivity contribution >= 4 is 27.8 Å². The van der Waals surface area contributed by atoms with E-state index in [9.17, 15) is 0 Å². The van der Waals surface area contributed by atoms with Crippen molar-refractivity contribution in [3.8, 4) is 0 Å². The second kappa shape index (κ2) is 11.0. The van der Waals surface area contributed by atoms with Gasteiger partial charge in [0, 0.05) is 17.1 Å². The van der Waals surface area contributed by atoms with Gasteiger partial charge in [-0.2, -0.15) is 0 Å². The average molecular weight is 514 g/mol. The number of rotatable bonds is 6. The van der Waals surface area contributed by atoms with Gasteiger partial charge in [0.05, 0.1) is 0 Å². The third kappa shape index (κ3) is 5.42. The third-order valence-corrected chi connectivity index (χ3v) is 9.58. The summed E-state index contributed by atoms with van der Waals surface area (Å²) >= 11 is 0. The smallest absolute Gasteiger partial charge is 0.0468 e. The van der Waals surface area contributed by atoms with Gasteiger partial charge in [-0.3, -0.25) is 0 Å². The van der Waals surface area contributed by atoms with Crippen molar-refractivity contribution in [3.63, 3.8) is 0 Å². The standard InChI is InChI=1S/C38H43N/c1-4-29-24-28(2)26-38(3,27-29)34-17-22-36(23-18-34)39(37-21-16-31-12-8-9-13-33(31)25-37)35-19-14-32(15-20-35)30-10-6-5-7-11-30/h8-9,12-23,25,29-30H,2,4-7,10-11,24,26-27H2,1,3H3. The molecule has 2 saturated carbocycles. The van der Waals surface area contributed by atoms with E-state index >= 15 is 0 Å². The molecule has 2 unspecified atom stereocenters. The van der Waals surface area contributed by atoms with E-state index in [0.717, 1.165) is 18.3 Å². The second-order valence-electron chi connectivity index (χ2n) is 12.5. The van der Waals surface area contributed by atoms with Crippen molar-refractivity contribution in [2.75, 3.05) is 4.90 Å². The number of hydrogen-bond acceptors (Lipinski definition) is 1. The Labute approximate surface area is 235 Å². The Hall–Kier alpha value is -3.32. The van der Waals surface area contributed by atoms with Gasteiger partial charge in [0.25, 0.3) is 0 Å². The molecule has 2 aliphatic carbocycles. The molecule has 2 fully saturated rings. The Morgan fingerprint density at radius 1 is 0.769 bits per heavy atom. The van der Waals surface area contributed by atoms with Crippen LogP contribution in [0.3, 0.4) is 0 Å². The lowest BCUT2D eigenvalue weighted by molar-refractivity contribution is 0.281. The summed E-state index contributed by atoms with van der Waals surface area (Å²) < 4.78 is 0. The molecule has 0 saturated heterocycles. The van der Waals surface area contributed by atoms with Gasteiger partial charge < -0.3 is 4.90 Å². The Bertz CT molecular complexity index is 1420. The number of benzene rings is 4. The maximum absolute atomic E-state index is 4.42. The van der Waals surface area contributed by atoms with Crippen LogP contribution in [-0.2, 0) is 5.41 Å². The summed E-state index contributed by atoms with van der Waals surface area (Å²) in [4.78, 5) is 2.43. The minimum absolute atomic E-state index is 0.171. The molecule has 6 rings (SSSR count). The van der Waals surface area contributed by atoms with Gasteiger partial charge in [-0.25, -0.2) is 0 Å². The van der Waals surface area contributed by atoms with Gasteiger partial charge >= 0.3 is 0 Å². The van der Waals surface area contributed by atoms with E-state index in [-0.39, 0.29) is 5.41 Å². The molecule has 0 aromatic heterocycles. The normalized spacial score (nSPS) is 22.2. The molecule has 2 aliphatic rings. The van der Waals surface area contributed by atoms with Crippen LogP contribution in [-0.4, -0.2) is 0 Å². The monoisotopic (exact) mass is 513 g/mol. The summed E-state index contributed by atoms with van der Waals surface area (Å²) in [7, 11) is 0. The van der Waals surface area contributed by atoms with Crippen molar-refractivity contribution in [1.82, 2.24) is 0 Å². The summed E-state index contributed by atoms with van der Waals surface area (Å²) in [5, 5.41) is 2.55. The molecule has 0 spiro atoms. The molecular weight excluding hydrogens is 470 g/mol. The second-order valence-corrected chi connectivity index (χ2v) is 12.5. The number of anilines is 3. The molecule has 200 valence electrons. The fraction of sp³-hybridized carbons (Fsp3) is 0.368. The van der Waals surface area contributed by atoms with E-state index < -0.39 is 0 Å². The zero-order valence-corrected chi connectivity index (χ0v) is 23.8. The Morgan fingerprint density at radius 3 is 2.10 bits per heavy atom. The lowest BCUT2D eigenvalue weighted by Crippen LogP contribution is -2.30. The van der Waals surface area contributed by atoms with Crippen LogP contribution in [0, 0.1) is 5.92 Å². The van der Waals surface area contributed by atoms with Crippen LogP contribution in [0.2, 0.25) is 0 Å². The first-order valence-electron chi connectivity index (χ1n) is 15.2. The minimum atomic E-state index is 0.171. The predicted molar refractivity (Wildman–Crippen MR) is 169 cm³/mol. The fourth-order valence-corrected chi connectivity index (χ4v) is 7.43. The fourth-order valence-electron chi connectivity index (χ4n) is 7.43. The molecule has 0 amide bonds. The van der Waals surface area contributed by atoms with Crippen LogP contribution < -0.4 is 4.90 Å². The highest BCUT2D eigenvalue weighted by Crippen LogP contribution is 2.46. The first kappa shape index (κ1) is 25.9. The van der Waals surface area contributed by atoms with E-state index in [1.165, 1.54) is 95.9 Å². The molecule has 0 N–H and O–H groups in total. The molecule has 4 aromatic carbocycles. The highest BCUT2D eigenvalue weighted by atomic mass is 15.1. The van der Waals surface area contributed by atoms with E-state index in [1.54, 1.807) is 0 Å². The quantitative estimate of drug-likeness (QED) is 0.232. The van der Waals surface area contributed by atoms with Crippen LogP contribution in [0.1, 0.15) is 88.7 Å². The Morgan fingerprint density at radius 2 is 1.41 bits per heavy atom. The average Bonchev–Trinajstić information content (AvgIpc) is 2.98. The van der Waals surface area contributed by atoms with Crippen molar-refractivity contribution in [2.24, 2.45) is 5.92 Å². The summed E-state index contributed by atoms with van der Waals surface area (Å²) in [5.74, 6) is 1.46. The van der Waals surface area contributed by atoms with Crippen LogP contribution >= 0.6 is 0 Å². The predicted octanol–water partition coefficient (Wildman–Crippen LogP) is 11.4. The number of hydrogen-bond donors (Lipinski definition) is 0. The number of nitrogens with zero attached hydrogens (tertiary/aromatic N) is 1. The molecule has 4 aromatic rings. The van der Waals surface area contributed by atoms with Gasteiger partial charge in [-0.05, 0) is 108 Å². The molecule has 1 nitrogen and oxygen atoms in total. The van der Waals surface area contributed by atoms with E-state index in [1.807, 2.05) is 0 Å². The Kier molecular flexibility index (Phi) is 7.34. The van der Waals surface area contributed by atoms with Gasteiger partial charge in [-0.15, -0.1) is 0 Å². The largest absolute Gasteiger partial charge is 0.310 e. The summed E-state index contributed by atoms with van der Waals surface area (Å²) in [6, 6.07) is 34.4. The maximum atomic E-state index is 4.42. The van der Waals surface area contributed by atoms with Crippen molar-refractivity contribution in [3.05, 3.63) is 114 Å². The lowest BCUT2D eigenvalue weighted by atomic mass is 9.65. The highest BCUT2D eigenvalue weighted by molar-refractivity contribution is 5.89. The first-order chi connectivity index (χ1) is 19.0. The van der Waals surface area contributed by atoms with Gasteiger partial charge in [0.15, 0.2) is 0 Å². The summed E-state index contributed by atoms with van der Waals surface area (Å²) in [6.45, 7) is 9.19. The van der Waals surface area contributed by atoms with Gasteiger partial charge in [0.2, 0.25) is 0 Å². The summed E-state index contributed by atoms with van der Waals surface area (Å²) in [5.41, 5.74) is 8.17. The van der Waals surface area contributed by atoms with Gasteiger partial charge in [-0.1, -0.05) is 106 Å². The molecule has 2 atom stereocenters. The van der Waals surface area contributed by atoms with Crippen molar-refractivity contribution in [1.29, 1.82) is 0 Å². The highest BCUT2D eigenvalue weighted by Gasteiger charge is 2.34. The molecule has 1 heteroatoms. The molecule has 0 bridgehead atoms. The number of fused-ring (bicyclic) bond motifs is 1. The van der Waals surface area contributed by atoms with Crippen molar-refractivity contribution in [2.45, 2.75) is 83.0 Å². The maximum Gasteiger partial charge on any atom is 0.0468 e. The molecule has 39 heavy (non-hydrogen) atoms. The molecule has 0 radical (unpaired) electrons. The molecular formula is C38H43N. The van der Waals surface area contributed by atoms with Crippen LogP contribution in [0.15, 0.2) is 103 Å². The number of allylic oxidation sites excluding steroid dienone is 1. The van der Waals surface area contributed by atoms with E-state index in [0.29, 0.717) is 0 Å². The molecule has 0 heterocycles. The first-order valence-corrected chi connectivity index (χ1v) is 15.2. The van der Waals surface area contributed by atoms with Crippen LogP contribution in [0.25, 0.3) is 10.8 Å². The molecule has 0 aliphatic heterocycles. The SMILES string of the molecule is C=C1CC(CC)CC(C)(c2ccc(N(c3ccc(C4CCCCC4)cc3)c3ccc4ccccc4c3)cc2)C1. The Balaban J connectivity index is 1.37. The zero-order chi connectivity index (χ0) is 26.8. The zero-order valence-electron chi connectivity index (χ0n) is 23.8. The van der Waals surface area contributed by atoms with Crippen molar-refractivity contribution < 1.29 is 0 Å². The van der Waals surface area contributed by atoms with Crippen LogP contribution in [0.4, 0.5) is 17.1 Å². The van der Waals surface area contributed by atoms with Crippen LogP contribution in [0.5, 0.6) is 0 Å². The van der Waals surface area contributed by atoms with Gasteiger partial charge in [0.1, 0.15) is 0 Å².